The largest absolute Gasteiger partial charge is 0.365 e. The predicted molar refractivity (Wildman–Crippen MR) is 108 cm³/mol. The van der Waals surface area contributed by atoms with E-state index in [1.807, 2.05) is 29.8 Å². The van der Waals surface area contributed by atoms with Crippen molar-refractivity contribution < 1.29 is 4.79 Å². The number of nitrogens with zero attached hydrogens (tertiary/aromatic N) is 4. The molecule has 146 valence electrons. The maximum atomic E-state index is 11.8. The van der Waals surface area contributed by atoms with E-state index in [1.165, 1.54) is 6.20 Å². The highest BCUT2D eigenvalue weighted by atomic mass is 16.1. The molecule has 9 heteroatoms. The summed E-state index contributed by atoms with van der Waals surface area (Å²) in [7, 11) is 1.94. The van der Waals surface area contributed by atoms with Gasteiger partial charge in [-0.05, 0) is 31.0 Å². The number of imidazole rings is 1. The molecule has 0 spiro atoms. The normalized spacial score (nSPS) is 19.5. The number of fused-ring (bicyclic) bond motifs is 1. The topological polar surface area (TPSA) is 137 Å². The summed E-state index contributed by atoms with van der Waals surface area (Å²) in [4.78, 5) is 24.9. The lowest BCUT2D eigenvalue weighted by Crippen LogP contribution is -2.43. The summed E-state index contributed by atoms with van der Waals surface area (Å²) < 4.78 is 1.94. The summed E-state index contributed by atoms with van der Waals surface area (Å²) in [6, 6.07) is 5.94. The highest BCUT2D eigenvalue weighted by Crippen LogP contribution is 2.24. The molecule has 0 aliphatic heterocycles. The number of anilines is 3. The number of aryl methyl sites for hydroxylation is 1. The van der Waals surface area contributed by atoms with Crippen LogP contribution in [-0.4, -0.2) is 37.5 Å². The summed E-state index contributed by atoms with van der Waals surface area (Å²) in [5.41, 5.74) is 14.5. The molecule has 0 bridgehead atoms. The Balaban J connectivity index is 1.62. The van der Waals surface area contributed by atoms with Gasteiger partial charge < -0.3 is 26.7 Å². The molecule has 1 aliphatic rings. The van der Waals surface area contributed by atoms with Crippen LogP contribution >= 0.6 is 0 Å². The number of carbonyl (C=O) groups is 1. The van der Waals surface area contributed by atoms with E-state index in [0.29, 0.717) is 11.8 Å². The van der Waals surface area contributed by atoms with Crippen molar-refractivity contribution >= 4 is 34.4 Å². The van der Waals surface area contributed by atoms with Gasteiger partial charge in [-0.1, -0.05) is 12.8 Å². The fraction of sp³-hybridized carbons (Fsp3) is 0.368. The second-order valence-corrected chi connectivity index (χ2v) is 7.20. The van der Waals surface area contributed by atoms with E-state index in [-0.39, 0.29) is 17.6 Å². The molecule has 2 atom stereocenters. The number of rotatable bonds is 5. The van der Waals surface area contributed by atoms with Gasteiger partial charge in [0.25, 0.3) is 5.91 Å². The average Bonchev–Trinajstić information content (AvgIpc) is 3.04. The van der Waals surface area contributed by atoms with Crippen LogP contribution in [0.5, 0.6) is 0 Å². The van der Waals surface area contributed by atoms with Gasteiger partial charge in [-0.2, -0.15) is 4.98 Å². The molecule has 4 rings (SSSR count). The summed E-state index contributed by atoms with van der Waals surface area (Å²) in [6.45, 7) is 0. The number of nitrogens with one attached hydrogen (secondary N) is 2. The van der Waals surface area contributed by atoms with Crippen LogP contribution in [0.1, 0.15) is 36.0 Å². The summed E-state index contributed by atoms with van der Waals surface area (Å²) >= 11 is 0. The molecular formula is C19H24N8O. The molecule has 1 aromatic carbocycles. The third kappa shape index (κ3) is 3.61. The third-order valence-corrected chi connectivity index (χ3v) is 5.18. The molecule has 9 nitrogen and oxygen atoms in total. The Bertz CT molecular complexity index is 1010. The molecule has 2 aromatic heterocycles. The van der Waals surface area contributed by atoms with Gasteiger partial charge >= 0.3 is 0 Å². The Morgan fingerprint density at radius 1 is 1.25 bits per heavy atom. The molecule has 1 fully saturated rings. The van der Waals surface area contributed by atoms with Crippen molar-refractivity contribution in [3.05, 3.63) is 36.3 Å². The first-order chi connectivity index (χ1) is 13.5. The third-order valence-electron chi connectivity index (χ3n) is 5.18. The standard InChI is InChI=1S/C19H24N8O/c1-27-10-23-15-8-11(6-7-16(15)27)24-18-12(17(21)28)9-22-19(26-18)25-14-5-3-2-4-13(14)20/h6-10,13-14H,2-5,20H2,1H3,(H2,21,28)(H2,22,24,25,26)/t13-,14+/m0/s1. The molecule has 0 unspecified atom stereocenters. The Morgan fingerprint density at radius 3 is 2.86 bits per heavy atom. The summed E-state index contributed by atoms with van der Waals surface area (Å²) in [6.07, 6.45) is 7.41. The van der Waals surface area contributed by atoms with Crippen LogP contribution in [0.25, 0.3) is 11.0 Å². The number of aromatic nitrogens is 4. The minimum atomic E-state index is -0.595. The summed E-state index contributed by atoms with van der Waals surface area (Å²) in [5.74, 6) is 0.181. The zero-order valence-electron chi connectivity index (χ0n) is 15.7. The zero-order valence-corrected chi connectivity index (χ0v) is 15.7. The first-order valence-electron chi connectivity index (χ1n) is 9.38. The van der Waals surface area contributed by atoms with Gasteiger partial charge in [0.05, 0.1) is 17.4 Å². The van der Waals surface area contributed by atoms with E-state index >= 15 is 0 Å². The van der Waals surface area contributed by atoms with Gasteiger partial charge in [-0.3, -0.25) is 4.79 Å². The lowest BCUT2D eigenvalue weighted by Gasteiger charge is -2.29. The van der Waals surface area contributed by atoms with Crippen molar-refractivity contribution in [2.75, 3.05) is 10.6 Å². The Kier molecular flexibility index (Phi) is 4.82. The molecular weight excluding hydrogens is 356 g/mol. The molecule has 2 heterocycles. The van der Waals surface area contributed by atoms with Crippen LogP contribution in [0.3, 0.4) is 0 Å². The number of primary amides is 1. The van der Waals surface area contributed by atoms with E-state index in [4.69, 9.17) is 11.5 Å². The Labute approximate surface area is 162 Å². The van der Waals surface area contributed by atoms with Crippen molar-refractivity contribution in [1.29, 1.82) is 0 Å². The monoisotopic (exact) mass is 380 g/mol. The fourth-order valence-corrected chi connectivity index (χ4v) is 3.58. The molecule has 0 radical (unpaired) electrons. The van der Waals surface area contributed by atoms with Crippen molar-refractivity contribution in [2.45, 2.75) is 37.8 Å². The number of hydrogen-bond donors (Lipinski definition) is 4. The summed E-state index contributed by atoms with van der Waals surface area (Å²) in [5, 5.41) is 6.47. The van der Waals surface area contributed by atoms with Crippen LogP contribution < -0.4 is 22.1 Å². The number of nitrogens with two attached hydrogens (primary N) is 2. The number of benzene rings is 1. The minimum absolute atomic E-state index is 0.0659. The smallest absolute Gasteiger partial charge is 0.254 e. The van der Waals surface area contributed by atoms with Crippen molar-refractivity contribution in [2.24, 2.45) is 18.5 Å². The molecule has 28 heavy (non-hydrogen) atoms. The van der Waals surface area contributed by atoms with E-state index < -0.39 is 5.91 Å². The van der Waals surface area contributed by atoms with Gasteiger partial charge in [0, 0.05) is 31.0 Å². The average molecular weight is 380 g/mol. The highest BCUT2D eigenvalue weighted by molar-refractivity contribution is 5.98. The van der Waals surface area contributed by atoms with Crippen LogP contribution in [0, 0.1) is 0 Å². The quantitative estimate of drug-likeness (QED) is 0.530. The van der Waals surface area contributed by atoms with Crippen molar-refractivity contribution in [3.8, 4) is 0 Å². The SMILES string of the molecule is Cn1cnc2cc(Nc3nc(N[C@@H]4CCCC[C@@H]4N)ncc3C(N)=O)ccc21. The molecule has 1 amide bonds. The van der Waals surface area contributed by atoms with Crippen molar-refractivity contribution in [3.63, 3.8) is 0 Å². The van der Waals surface area contributed by atoms with Crippen molar-refractivity contribution in [1.82, 2.24) is 19.5 Å². The van der Waals surface area contributed by atoms with Crippen LogP contribution in [0.15, 0.2) is 30.7 Å². The Morgan fingerprint density at radius 2 is 2.07 bits per heavy atom. The van der Waals surface area contributed by atoms with Gasteiger partial charge in [0.2, 0.25) is 5.95 Å². The van der Waals surface area contributed by atoms with Gasteiger partial charge in [0.1, 0.15) is 11.4 Å². The number of amides is 1. The van der Waals surface area contributed by atoms with Crippen LogP contribution in [-0.2, 0) is 7.05 Å². The van der Waals surface area contributed by atoms with Gasteiger partial charge in [-0.15, -0.1) is 0 Å². The predicted octanol–water partition coefficient (Wildman–Crippen LogP) is 1.89. The lowest BCUT2D eigenvalue weighted by atomic mass is 9.91. The second kappa shape index (κ2) is 7.43. The van der Waals surface area contributed by atoms with Crippen LogP contribution in [0.2, 0.25) is 0 Å². The second-order valence-electron chi connectivity index (χ2n) is 7.20. The van der Waals surface area contributed by atoms with Crippen LogP contribution in [0.4, 0.5) is 17.5 Å². The first kappa shape index (κ1) is 18.2. The first-order valence-corrected chi connectivity index (χ1v) is 9.38. The molecule has 1 saturated carbocycles. The van der Waals surface area contributed by atoms with E-state index in [9.17, 15) is 4.79 Å². The molecule has 0 saturated heterocycles. The highest BCUT2D eigenvalue weighted by Gasteiger charge is 2.23. The lowest BCUT2D eigenvalue weighted by molar-refractivity contribution is 0.100. The zero-order chi connectivity index (χ0) is 19.7. The number of hydrogen-bond acceptors (Lipinski definition) is 7. The Hall–Kier alpha value is -3.20. The molecule has 1 aliphatic carbocycles. The molecule has 3 aromatic rings. The fourth-order valence-electron chi connectivity index (χ4n) is 3.58. The molecule has 6 N–H and O–H groups in total. The maximum absolute atomic E-state index is 11.8. The van der Waals surface area contributed by atoms with Gasteiger partial charge in [-0.25, -0.2) is 9.97 Å². The number of carbonyl (C=O) groups excluding carboxylic acids is 1. The van der Waals surface area contributed by atoms with Gasteiger partial charge in [0.15, 0.2) is 0 Å². The van der Waals surface area contributed by atoms with E-state index in [0.717, 1.165) is 42.4 Å². The van der Waals surface area contributed by atoms with E-state index in [1.54, 1.807) is 6.33 Å². The maximum Gasteiger partial charge on any atom is 0.254 e. The minimum Gasteiger partial charge on any atom is -0.365 e. The van der Waals surface area contributed by atoms with E-state index in [2.05, 4.69) is 25.6 Å².